The average Bonchev–Trinajstić information content (AvgIpc) is 3.64. The van der Waals surface area contributed by atoms with Crippen LogP contribution in [0.4, 0.5) is 0 Å². The summed E-state index contributed by atoms with van der Waals surface area (Å²) in [5, 5.41) is 0. The zero-order chi connectivity index (χ0) is 22.7. The number of allylic oxidation sites excluding steroid dienone is 2. The number of imide groups is 1. The molecule has 0 radical (unpaired) electrons. The van der Waals surface area contributed by atoms with E-state index in [2.05, 4.69) is 12.2 Å². The normalized spacial score (nSPS) is 30.7. The first kappa shape index (κ1) is 20.1. The number of benzene rings is 2. The molecule has 1 saturated heterocycles. The fourth-order valence-electron chi connectivity index (χ4n) is 6.06. The molecular formula is C27H23NO5. The van der Waals surface area contributed by atoms with E-state index in [1.807, 2.05) is 42.5 Å². The third-order valence-electron chi connectivity index (χ3n) is 7.72. The molecule has 5 aliphatic rings. The van der Waals surface area contributed by atoms with Crippen molar-refractivity contribution in [3.05, 3.63) is 72.3 Å². The van der Waals surface area contributed by atoms with Crippen LogP contribution in [0.15, 0.2) is 66.7 Å². The number of nitrogens with zero attached hydrogens (tertiary/aromatic N) is 1. The van der Waals surface area contributed by atoms with Crippen molar-refractivity contribution in [1.29, 1.82) is 0 Å². The summed E-state index contributed by atoms with van der Waals surface area (Å²) in [7, 11) is 0. The molecule has 6 atom stereocenters. The molecule has 2 saturated carbocycles. The van der Waals surface area contributed by atoms with Crippen LogP contribution < -0.4 is 0 Å². The van der Waals surface area contributed by atoms with Crippen LogP contribution in [-0.4, -0.2) is 41.6 Å². The minimum Gasteiger partial charge on any atom is -0.456 e. The number of rotatable bonds is 6. The molecule has 2 aromatic carbocycles. The maximum atomic E-state index is 12.9. The number of Topliss-reactive ketones (excluding diaryl/α,β-unsaturated/α-hetero) is 1. The van der Waals surface area contributed by atoms with Crippen LogP contribution >= 0.6 is 0 Å². The van der Waals surface area contributed by atoms with Gasteiger partial charge >= 0.3 is 5.97 Å². The summed E-state index contributed by atoms with van der Waals surface area (Å²) in [6, 6.07) is 16.9. The summed E-state index contributed by atoms with van der Waals surface area (Å²) in [5.74, 6) is -1.04. The molecule has 4 aliphatic carbocycles. The summed E-state index contributed by atoms with van der Waals surface area (Å²) in [5.41, 5.74) is 2.46. The Morgan fingerprint density at radius 3 is 2.00 bits per heavy atom. The molecule has 1 heterocycles. The van der Waals surface area contributed by atoms with Crippen LogP contribution in [0.2, 0.25) is 0 Å². The van der Waals surface area contributed by atoms with Gasteiger partial charge in [-0.05, 0) is 41.2 Å². The maximum Gasteiger partial charge on any atom is 0.326 e. The van der Waals surface area contributed by atoms with E-state index in [4.69, 9.17) is 4.74 Å². The van der Waals surface area contributed by atoms with Crippen molar-refractivity contribution in [2.75, 3.05) is 13.2 Å². The number of amides is 2. The molecule has 3 fully saturated rings. The van der Waals surface area contributed by atoms with Crippen LogP contribution in [-0.2, 0) is 19.1 Å². The lowest BCUT2D eigenvalue weighted by Gasteiger charge is -2.37. The highest BCUT2D eigenvalue weighted by Crippen LogP contribution is 2.65. The molecular weight excluding hydrogens is 418 g/mol. The predicted octanol–water partition coefficient (Wildman–Crippen LogP) is 3.13. The number of carbonyl (C=O) groups is 4. The van der Waals surface area contributed by atoms with Crippen LogP contribution in [0.3, 0.4) is 0 Å². The first-order chi connectivity index (χ1) is 16.0. The Bertz CT molecular complexity index is 1150. The van der Waals surface area contributed by atoms with Crippen LogP contribution in [0.5, 0.6) is 0 Å². The Labute approximate surface area is 191 Å². The highest BCUT2D eigenvalue weighted by atomic mass is 16.5. The van der Waals surface area contributed by atoms with Gasteiger partial charge in [0.15, 0.2) is 12.4 Å². The fraction of sp³-hybridized carbons (Fsp3) is 0.333. The topological polar surface area (TPSA) is 80.8 Å². The smallest absolute Gasteiger partial charge is 0.326 e. The quantitative estimate of drug-likeness (QED) is 0.298. The van der Waals surface area contributed by atoms with Crippen molar-refractivity contribution in [2.24, 2.45) is 35.5 Å². The van der Waals surface area contributed by atoms with Crippen molar-refractivity contribution in [1.82, 2.24) is 4.90 Å². The van der Waals surface area contributed by atoms with E-state index in [1.165, 1.54) is 0 Å². The summed E-state index contributed by atoms with van der Waals surface area (Å²) < 4.78 is 5.13. The molecule has 2 amide bonds. The second kappa shape index (κ2) is 7.51. The first-order valence-corrected chi connectivity index (χ1v) is 11.4. The second-order valence-electron chi connectivity index (χ2n) is 9.44. The Morgan fingerprint density at radius 1 is 0.818 bits per heavy atom. The summed E-state index contributed by atoms with van der Waals surface area (Å²) in [6.45, 7) is -0.858. The van der Waals surface area contributed by atoms with Crippen molar-refractivity contribution < 1.29 is 23.9 Å². The largest absolute Gasteiger partial charge is 0.456 e. The fourth-order valence-corrected chi connectivity index (χ4v) is 6.06. The number of ether oxygens (including phenoxy) is 1. The number of hydrogen-bond donors (Lipinski definition) is 0. The third-order valence-corrected chi connectivity index (χ3v) is 7.72. The first-order valence-electron chi connectivity index (χ1n) is 11.4. The molecule has 0 N–H and O–H groups in total. The summed E-state index contributed by atoms with van der Waals surface area (Å²) >= 11 is 0. The number of carbonyl (C=O) groups excluding carboxylic acids is 4. The molecule has 7 rings (SSSR count). The number of esters is 1. The van der Waals surface area contributed by atoms with E-state index in [0.29, 0.717) is 17.4 Å². The number of ketones is 1. The monoisotopic (exact) mass is 441 g/mol. The summed E-state index contributed by atoms with van der Waals surface area (Å²) in [4.78, 5) is 51.8. The SMILES string of the molecule is O=C(CN1C(=O)[C@@H]2[C@@H]3C=C[C@H]([C@H]4C[C@H]34)[C@H]2C1=O)OCC(=O)c1ccc(-c2ccccc2)cc1. The Kier molecular flexibility index (Phi) is 4.57. The third kappa shape index (κ3) is 3.24. The zero-order valence-electron chi connectivity index (χ0n) is 17.9. The molecule has 2 aromatic rings. The second-order valence-corrected chi connectivity index (χ2v) is 9.44. The van der Waals surface area contributed by atoms with Gasteiger partial charge in [-0.2, -0.15) is 0 Å². The van der Waals surface area contributed by atoms with E-state index >= 15 is 0 Å². The molecule has 1 aliphatic heterocycles. The van der Waals surface area contributed by atoms with Gasteiger partial charge in [0.1, 0.15) is 6.54 Å². The minimum atomic E-state index is -0.741. The van der Waals surface area contributed by atoms with Crippen molar-refractivity contribution >= 4 is 23.6 Å². The van der Waals surface area contributed by atoms with Crippen LogP contribution in [0, 0.1) is 35.5 Å². The average molecular weight is 441 g/mol. The zero-order valence-corrected chi connectivity index (χ0v) is 17.9. The molecule has 6 nitrogen and oxygen atoms in total. The van der Waals surface area contributed by atoms with E-state index in [9.17, 15) is 19.2 Å². The highest BCUT2D eigenvalue weighted by Gasteiger charge is 2.67. The highest BCUT2D eigenvalue weighted by molar-refractivity contribution is 6.08. The van der Waals surface area contributed by atoms with Crippen molar-refractivity contribution in [2.45, 2.75) is 6.42 Å². The molecule has 2 bridgehead atoms. The Hall–Kier alpha value is -3.54. The van der Waals surface area contributed by atoms with Gasteiger partial charge in [-0.1, -0.05) is 66.7 Å². The van der Waals surface area contributed by atoms with Crippen molar-refractivity contribution in [3.8, 4) is 11.1 Å². The van der Waals surface area contributed by atoms with Crippen molar-refractivity contribution in [3.63, 3.8) is 0 Å². The van der Waals surface area contributed by atoms with Gasteiger partial charge in [0.25, 0.3) is 0 Å². The molecule has 6 heteroatoms. The van der Waals surface area contributed by atoms with E-state index < -0.39 is 19.1 Å². The van der Waals surface area contributed by atoms with Gasteiger partial charge in [-0.25, -0.2) is 0 Å². The van der Waals surface area contributed by atoms with Crippen LogP contribution in [0.25, 0.3) is 11.1 Å². The van der Waals surface area contributed by atoms with Gasteiger partial charge in [-0.15, -0.1) is 0 Å². The molecule has 0 unspecified atom stereocenters. The van der Waals surface area contributed by atoms with Gasteiger partial charge in [0.2, 0.25) is 11.8 Å². The predicted molar refractivity (Wildman–Crippen MR) is 119 cm³/mol. The number of hydrogen-bond acceptors (Lipinski definition) is 5. The molecule has 0 aromatic heterocycles. The van der Waals surface area contributed by atoms with E-state index in [0.717, 1.165) is 22.4 Å². The summed E-state index contributed by atoms with van der Waals surface area (Å²) in [6.07, 6.45) is 5.27. The molecule has 166 valence electrons. The Morgan fingerprint density at radius 2 is 1.39 bits per heavy atom. The van der Waals surface area contributed by atoms with Gasteiger partial charge in [-0.3, -0.25) is 24.1 Å². The van der Waals surface area contributed by atoms with E-state index in [-0.39, 0.29) is 41.3 Å². The lowest BCUT2D eigenvalue weighted by Crippen LogP contribution is -2.40. The lowest BCUT2D eigenvalue weighted by atomic mass is 9.63. The minimum absolute atomic E-state index is 0.114. The molecule has 0 spiro atoms. The Balaban J connectivity index is 1.06. The van der Waals surface area contributed by atoms with E-state index in [1.54, 1.807) is 12.1 Å². The lowest BCUT2D eigenvalue weighted by molar-refractivity contribution is -0.152. The molecule has 33 heavy (non-hydrogen) atoms. The van der Waals surface area contributed by atoms with Gasteiger partial charge in [0.05, 0.1) is 11.8 Å². The van der Waals surface area contributed by atoms with Gasteiger partial charge < -0.3 is 4.74 Å². The van der Waals surface area contributed by atoms with Gasteiger partial charge in [0, 0.05) is 5.56 Å². The van der Waals surface area contributed by atoms with Crippen LogP contribution in [0.1, 0.15) is 16.8 Å². The number of likely N-dealkylation sites (tertiary alicyclic amines) is 1. The standard InChI is InChI=1S/C27H23NO5/c29-22(17-8-6-16(7-9-17)15-4-2-1-3-5-15)14-33-23(30)13-28-26(31)24-18-10-11-19(21-12-20(18)21)25(24)27(28)32/h1-11,18-21,24-25H,12-14H2/t18-,19-,20-,21-,24-,25-/m1/s1. The maximum absolute atomic E-state index is 12.9.